The molecular weight excluding hydrogens is 762 g/mol. The molecule has 2 amide bonds. The summed E-state index contributed by atoms with van der Waals surface area (Å²) in [6, 6.07) is 4.48. The molecule has 4 saturated heterocycles. The highest BCUT2D eigenvalue weighted by Gasteiger charge is 2.78. The number of hydroxylamine groups is 2. The van der Waals surface area contributed by atoms with Crippen LogP contribution in [0.1, 0.15) is 103 Å². The normalized spacial score (nSPS) is 35.9. The second-order valence-electron chi connectivity index (χ2n) is 19.3. The van der Waals surface area contributed by atoms with Crippen LogP contribution >= 0.6 is 0 Å². The first-order valence-electron chi connectivity index (χ1n) is 21.7. The van der Waals surface area contributed by atoms with Crippen LogP contribution in [0.3, 0.4) is 0 Å². The Kier molecular flexibility index (Phi) is 10.7. The number of carbonyl (C=O) groups excluding carboxylic acids is 4. The molecule has 15 heteroatoms. The second-order valence-corrected chi connectivity index (χ2v) is 19.3. The maximum absolute atomic E-state index is 15.0. The number of allylic oxidation sites excluding steroid dienone is 1. The summed E-state index contributed by atoms with van der Waals surface area (Å²) >= 11 is 0. The lowest BCUT2D eigenvalue weighted by Gasteiger charge is -2.49. The standard InChI is InChI=1S/C44H59N3O12/c1-23(49)34(39(51)45-29(22-48)16-18-33(50)56-42(2,3)4)46-41(53)43-20-32-35-36(58-44(57-35,27-12-13-27)28-14-15-28)38(43)59-47(37(43)40(52)55-32)21-26-9-6-24(7-10-26)5-8-25-11-17-30-31(19-25)54-30/h5-10,23,25,27-32,34-38,48-49H,11-22H2,1-4H3,(H,45,51)(H,46,53)/t23-,25?,29-,30?,31?,32+,34+,35-,36-,37-,38+,43-/m0/s1. The van der Waals surface area contributed by atoms with Crippen molar-refractivity contribution >= 4 is 29.8 Å². The van der Waals surface area contributed by atoms with Gasteiger partial charge in [-0.1, -0.05) is 36.4 Å². The molecule has 3 unspecified atom stereocenters. The Bertz CT molecular complexity index is 1810. The van der Waals surface area contributed by atoms with Crippen LogP contribution in [-0.2, 0) is 54.2 Å². The van der Waals surface area contributed by atoms with Gasteiger partial charge in [0, 0.05) is 24.7 Å². The highest BCUT2D eigenvalue weighted by atomic mass is 16.8. The van der Waals surface area contributed by atoms with E-state index >= 15 is 4.79 Å². The van der Waals surface area contributed by atoms with Crippen molar-refractivity contribution < 1.29 is 57.9 Å². The smallest absolute Gasteiger partial charge is 0.327 e. The van der Waals surface area contributed by atoms with E-state index in [1.807, 2.05) is 24.3 Å². The van der Waals surface area contributed by atoms with Gasteiger partial charge in [-0.25, -0.2) is 0 Å². The number of benzene rings is 1. The fourth-order valence-corrected chi connectivity index (χ4v) is 10.3. The Morgan fingerprint density at radius 3 is 2.34 bits per heavy atom. The van der Waals surface area contributed by atoms with Gasteiger partial charge < -0.3 is 44.5 Å². The molecule has 0 radical (unpaired) electrons. The van der Waals surface area contributed by atoms with Gasteiger partial charge in [-0.2, -0.15) is 5.06 Å². The lowest BCUT2D eigenvalue weighted by Crippen LogP contribution is -2.71. The number of carbonyl (C=O) groups is 4. The Morgan fingerprint density at radius 1 is 0.983 bits per heavy atom. The average Bonchev–Trinajstić information content (AvgIpc) is 4.09. The van der Waals surface area contributed by atoms with Crippen LogP contribution in [0, 0.1) is 23.2 Å². The van der Waals surface area contributed by atoms with E-state index in [0.29, 0.717) is 18.1 Å². The molecule has 4 aliphatic heterocycles. The molecule has 0 spiro atoms. The molecule has 12 atom stereocenters. The van der Waals surface area contributed by atoms with E-state index in [9.17, 15) is 24.6 Å². The molecule has 59 heavy (non-hydrogen) atoms. The predicted molar refractivity (Wildman–Crippen MR) is 208 cm³/mol. The van der Waals surface area contributed by atoms with Gasteiger partial charge in [-0.3, -0.25) is 24.0 Å². The maximum Gasteiger partial charge on any atom is 0.327 e. The van der Waals surface area contributed by atoms with Crippen molar-refractivity contribution in [2.75, 3.05) is 6.61 Å². The molecule has 322 valence electrons. The number of nitrogens with zero attached hydrogens (tertiary/aromatic N) is 1. The number of amides is 2. The lowest BCUT2D eigenvalue weighted by molar-refractivity contribution is -0.235. The van der Waals surface area contributed by atoms with E-state index in [4.69, 9.17) is 28.5 Å². The first-order chi connectivity index (χ1) is 28.2. The van der Waals surface area contributed by atoms with E-state index in [0.717, 1.165) is 56.1 Å². The van der Waals surface area contributed by atoms with Crippen LogP contribution in [-0.4, -0.2) is 118 Å². The number of esters is 2. The first kappa shape index (κ1) is 40.9. The summed E-state index contributed by atoms with van der Waals surface area (Å²) < 4.78 is 31.0. The minimum absolute atomic E-state index is 0.0627. The molecule has 2 bridgehead atoms. The highest BCUT2D eigenvalue weighted by molar-refractivity contribution is 5.96. The van der Waals surface area contributed by atoms with Gasteiger partial charge in [0.2, 0.25) is 11.8 Å². The molecule has 0 aromatic heterocycles. The van der Waals surface area contributed by atoms with Crippen molar-refractivity contribution in [3.63, 3.8) is 0 Å². The number of ether oxygens (including phenoxy) is 5. The number of nitrogens with one attached hydrogen (secondary N) is 2. The molecule has 4 aliphatic carbocycles. The topological polar surface area (TPSA) is 195 Å². The van der Waals surface area contributed by atoms with Crippen molar-refractivity contribution in [2.45, 2.75) is 171 Å². The molecule has 4 N–H and O–H groups in total. The molecule has 8 fully saturated rings. The third kappa shape index (κ3) is 7.97. The number of aliphatic hydroxyl groups excluding tert-OH is 2. The monoisotopic (exact) mass is 821 g/mol. The zero-order valence-corrected chi connectivity index (χ0v) is 34.4. The number of rotatable bonds is 15. The van der Waals surface area contributed by atoms with Gasteiger partial charge in [0.05, 0.1) is 37.5 Å². The van der Waals surface area contributed by atoms with Gasteiger partial charge in [-0.05, 0) is 96.1 Å². The quantitative estimate of drug-likeness (QED) is 0.149. The molecule has 4 heterocycles. The molecule has 9 rings (SSSR count). The highest BCUT2D eigenvalue weighted by Crippen LogP contribution is 2.64. The van der Waals surface area contributed by atoms with Crippen molar-refractivity contribution in [3.8, 4) is 0 Å². The summed E-state index contributed by atoms with van der Waals surface area (Å²) in [4.78, 5) is 62.2. The molecule has 1 aromatic carbocycles. The van der Waals surface area contributed by atoms with Gasteiger partial charge in [-0.15, -0.1) is 0 Å². The summed E-state index contributed by atoms with van der Waals surface area (Å²) in [5, 5.41) is 28.0. The molecule has 8 aliphatic rings. The van der Waals surface area contributed by atoms with Crippen LogP contribution in [0.2, 0.25) is 0 Å². The number of hydrogen-bond donors (Lipinski definition) is 4. The predicted octanol–water partition coefficient (Wildman–Crippen LogP) is 2.83. The number of fused-ring (bicyclic) bond motifs is 5. The van der Waals surface area contributed by atoms with Crippen LogP contribution in [0.25, 0.3) is 6.08 Å². The van der Waals surface area contributed by atoms with Crippen LogP contribution in [0.15, 0.2) is 30.3 Å². The number of hydrogen-bond acceptors (Lipinski definition) is 13. The Hall–Kier alpha value is -3.44. The summed E-state index contributed by atoms with van der Waals surface area (Å²) in [6.45, 7) is 6.29. The van der Waals surface area contributed by atoms with Crippen molar-refractivity contribution in [3.05, 3.63) is 41.5 Å². The van der Waals surface area contributed by atoms with Crippen molar-refractivity contribution in [1.82, 2.24) is 15.7 Å². The van der Waals surface area contributed by atoms with Crippen molar-refractivity contribution in [1.29, 1.82) is 0 Å². The zero-order chi connectivity index (χ0) is 41.4. The SMILES string of the molecule is C[C@H](O)[C@@H](NC(=O)[C@@]12C[C@H]3OC(=O)[C@@H]1N(Cc1ccc(C=CC4CCC5OC5C4)cc1)O[C@@H]2[C@H]1OC(C2CC2)(C2CC2)O[C@H]13)C(=O)N[C@H](CO)CCC(=O)OC(C)(C)C. The molecule has 1 aromatic rings. The van der Waals surface area contributed by atoms with Gasteiger partial charge >= 0.3 is 11.9 Å². The third-order valence-corrected chi connectivity index (χ3v) is 13.6. The largest absolute Gasteiger partial charge is 0.460 e. The number of aliphatic hydroxyl groups is 2. The zero-order valence-electron chi connectivity index (χ0n) is 34.4. The van der Waals surface area contributed by atoms with E-state index in [2.05, 4.69) is 22.8 Å². The lowest BCUT2D eigenvalue weighted by atomic mass is 9.62. The van der Waals surface area contributed by atoms with Gasteiger partial charge in [0.1, 0.15) is 41.5 Å². The Balaban J connectivity index is 0.956. The minimum Gasteiger partial charge on any atom is -0.460 e. The van der Waals surface area contributed by atoms with Crippen LogP contribution < -0.4 is 10.6 Å². The number of epoxide rings is 1. The second kappa shape index (κ2) is 15.5. The van der Waals surface area contributed by atoms with Crippen LogP contribution in [0.5, 0.6) is 0 Å². The third-order valence-electron chi connectivity index (χ3n) is 13.6. The summed E-state index contributed by atoms with van der Waals surface area (Å²) in [7, 11) is 0. The fraction of sp³-hybridized carbons (Fsp3) is 0.727. The van der Waals surface area contributed by atoms with E-state index in [-0.39, 0.29) is 37.6 Å². The Morgan fingerprint density at radius 2 is 1.69 bits per heavy atom. The van der Waals surface area contributed by atoms with E-state index in [1.165, 1.54) is 12.0 Å². The average molecular weight is 822 g/mol. The van der Waals surface area contributed by atoms with Crippen molar-refractivity contribution in [2.24, 2.45) is 23.2 Å². The molecule has 15 nitrogen and oxygen atoms in total. The molecule has 4 saturated carbocycles. The van der Waals surface area contributed by atoms with Gasteiger partial charge in [0.15, 0.2) is 11.8 Å². The molecular formula is C44H59N3O12. The van der Waals surface area contributed by atoms with E-state index in [1.54, 1.807) is 20.8 Å². The summed E-state index contributed by atoms with van der Waals surface area (Å²) in [6.07, 6.45) is 7.94. The summed E-state index contributed by atoms with van der Waals surface area (Å²) in [5.74, 6) is -2.47. The van der Waals surface area contributed by atoms with E-state index < -0.39 is 95.8 Å². The maximum atomic E-state index is 15.0. The first-order valence-corrected chi connectivity index (χ1v) is 21.7. The Labute approximate surface area is 344 Å². The minimum atomic E-state index is -1.57. The summed E-state index contributed by atoms with van der Waals surface area (Å²) in [5.41, 5.74) is -0.364. The van der Waals surface area contributed by atoms with Crippen LogP contribution in [0.4, 0.5) is 0 Å². The fourth-order valence-electron chi connectivity index (χ4n) is 10.3. The van der Waals surface area contributed by atoms with Gasteiger partial charge in [0.25, 0.3) is 0 Å².